The normalized spacial score (nSPS) is 16.4. The third kappa shape index (κ3) is 5.41. The molecule has 0 bridgehead atoms. The molecule has 5 nitrogen and oxygen atoms in total. The Bertz CT molecular complexity index is 869. The highest BCUT2D eigenvalue weighted by Crippen LogP contribution is 2.34. The first-order chi connectivity index (χ1) is 14.2. The molecule has 0 aromatic heterocycles. The molecule has 7 heteroatoms. The minimum Gasteiger partial charge on any atom is -0.486 e. The van der Waals surface area contributed by atoms with E-state index in [9.17, 15) is 4.79 Å². The van der Waals surface area contributed by atoms with E-state index in [2.05, 4.69) is 23.2 Å². The Morgan fingerprint density at radius 3 is 2.76 bits per heavy atom. The number of carbonyl (C=O) groups excluding carboxylic acids is 1. The Labute approximate surface area is 180 Å². The number of carbonyl (C=O) groups is 1. The lowest BCUT2D eigenvalue weighted by Gasteiger charge is -2.27. The maximum atomic E-state index is 12.5. The molecular formula is C22H26N2O3S2. The molecule has 0 unspecified atom stereocenters. The van der Waals surface area contributed by atoms with Crippen LogP contribution in [0.4, 0.5) is 5.69 Å². The second-order valence-corrected chi connectivity index (χ2v) is 9.39. The molecule has 4 rings (SSSR count). The van der Waals surface area contributed by atoms with Crippen molar-refractivity contribution in [1.82, 2.24) is 4.90 Å². The zero-order chi connectivity index (χ0) is 20.1. The molecule has 2 aliphatic rings. The zero-order valence-corrected chi connectivity index (χ0v) is 18.2. The Hall–Kier alpha value is -1.83. The molecule has 1 amide bonds. The molecule has 2 heterocycles. The summed E-state index contributed by atoms with van der Waals surface area (Å²) >= 11 is 3.52. The first-order valence-corrected chi connectivity index (χ1v) is 12.0. The molecule has 154 valence electrons. The lowest BCUT2D eigenvalue weighted by molar-refractivity contribution is -0.113. The van der Waals surface area contributed by atoms with Crippen LogP contribution in [-0.4, -0.2) is 54.4 Å². The van der Waals surface area contributed by atoms with Crippen molar-refractivity contribution >= 4 is 35.1 Å². The van der Waals surface area contributed by atoms with Gasteiger partial charge in [0.15, 0.2) is 11.5 Å². The average molecular weight is 431 g/mol. The Balaban J connectivity index is 1.34. The Kier molecular flexibility index (Phi) is 6.90. The van der Waals surface area contributed by atoms with Crippen LogP contribution in [0.2, 0.25) is 0 Å². The predicted octanol–water partition coefficient (Wildman–Crippen LogP) is 4.05. The van der Waals surface area contributed by atoms with Crippen molar-refractivity contribution in [2.75, 3.05) is 48.9 Å². The first-order valence-electron chi connectivity index (χ1n) is 9.90. The molecule has 2 aliphatic heterocycles. The number of ether oxygens (including phenoxy) is 2. The van der Waals surface area contributed by atoms with Crippen LogP contribution in [0.15, 0.2) is 41.3 Å². The van der Waals surface area contributed by atoms with Gasteiger partial charge in [-0.25, -0.2) is 0 Å². The number of fused-ring (bicyclic) bond motifs is 1. The highest BCUT2D eigenvalue weighted by atomic mass is 32.2. The van der Waals surface area contributed by atoms with Gasteiger partial charge in [0.1, 0.15) is 13.2 Å². The van der Waals surface area contributed by atoms with E-state index in [1.54, 1.807) is 0 Å². The second kappa shape index (κ2) is 9.78. The van der Waals surface area contributed by atoms with Gasteiger partial charge in [0.2, 0.25) is 5.91 Å². The number of hydrogen-bond acceptors (Lipinski definition) is 6. The Morgan fingerprint density at radius 2 is 1.93 bits per heavy atom. The van der Waals surface area contributed by atoms with Crippen LogP contribution < -0.4 is 14.8 Å². The SMILES string of the molecule is Cc1c(CN2CCSCC2)cccc1NC(=O)CSc1ccc2c(c1)OCCO2. The quantitative estimate of drug-likeness (QED) is 0.698. The van der Waals surface area contributed by atoms with Crippen LogP contribution in [0.5, 0.6) is 11.5 Å². The van der Waals surface area contributed by atoms with Crippen molar-refractivity contribution in [3.8, 4) is 11.5 Å². The number of thioether (sulfide) groups is 2. The van der Waals surface area contributed by atoms with Crippen molar-refractivity contribution < 1.29 is 14.3 Å². The summed E-state index contributed by atoms with van der Waals surface area (Å²) in [6, 6.07) is 12.0. The smallest absolute Gasteiger partial charge is 0.234 e. The van der Waals surface area contributed by atoms with E-state index in [0.29, 0.717) is 19.0 Å². The van der Waals surface area contributed by atoms with Gasteiger partial charge < -0.3 is 14.8 Å². The fraction of sp³-hybridized carbons (Fsp3) is 0.409. The number of hydrogen-bond donors (Lipinski definition) is 1. The van der Waals surface area contributed by atoms with E-state index < -0.39 is 0 Å². The van der Waals surface area contributed by atoms with E-state index in [1.165, 1.54) is 28.8 Å². The van der Waals surface area contributed by atoms with Gasteiger partial charge >= 0.3 is 0 Å². The molecule has 2 aromatic carbocycles. The molecular weight excluding hydrogens is 404 g/mol. The van der Waals surface area contributed by atoms with Gasteiger partial charge in [-0.3, -0.25) is 9.69 Å². The Morgan fingerprint density at radius 1 is 1.14 bits per heavy atom. The number of anilines is 1. The minimum absolute atomic E-state index is 0.000452. The molecule has 1 fully saturated rings. The summed E-state index contributed by atoms with van der Waals surface area (Å²) in [6.45, 7) is 6.45. The van der Waals surface area contributed by atoms with Gasteiger partial charge in [0, 0.05) is 41.7 Å². The molecule has 29 heavy (non-hydrogen) atoms. The average Bonchev–Trinajstić information content (AvgIpc) is 2.76. The molecule has 0 aliphatic carbocycles. The summed E-state index contributed by atoms with van der Waals surface area (Å²) in [7, 11) is 0. The van der Waals surface area contributed by atoms with Crippen LogP contribution in [0.1, 0.15) is 11.1 Å². The summed E-state index contributed by atoms with van der Waals surface area (Å²) in [5.41, 5.74) is 3.35. The number of nitrogens with zero attached hydrogens (tertiary/aromatic N) is 1. The molecule has 2 aromatic rings. The lowest BCUT2D eigenvalue weighted by atomic mass is 10.1. The van der Waals surface area contributed by atoms with E-state index in [1.807, 2.05) is 42.1 Å². The summed E-state index contributed by atoms with van der Waals surface area (Å²) in [6.07, 6.45) is 0. The summed E-state index contributed by atoms with van der Waals surface area (Å²) in [5, 5.41) is 3.08. The number of nitrogens with one attached hydrogen (secondary N) is 1. The summed E-state index contributed by atoms with van der Waals surface area (Å²) in [5.74, 6) is 4.27. The molecule has 0 radical (unpaired) electrons. The van der Waals surface area contributed by atoms with Gasteiger partial charge in [0.25, 0.3) is 0 Å². The zero-order valence-electron chi connectivity index (χ0n) is 16.6. The van der Waals surface area contributed by atoms with Crippen molar-refractivity contribution in [1.29, 1.82) is 0 Å². The lowest BCUT2D eigenvalue weighted by Crippen LogP contribution is -2.32. The predicted molar refractivity (Wildman–Crippen MR) is 121 cm³/mol. The van der Waals surface area contributed by atoms with Gasteiger partial charge in [0.05, 0.1) is 5.75 Å². The van der Waals surface area contributed by atoms with Crippen molar-refractivity contribution in [2.45, 2.75) is 18.4 Å². The topological polar surface area (TPSA) is 50.8 Å². The largest absolute Gasteiger partial charge is 0.486 e. The molecule has 0 atom stereocenters. The highest BCUT2D eigenvalue weighted by Gasteiger charge is 2.15. The molecule has 1 saturated heterocycles. The fourth-order valence-corrected chi connectivity index (χ4v) is 5.14. The standard InChI is InChI=1S/C22H26N2O3S2/c1-16-17(14-24-7-11-28-12-8-24)3-2-4-19(16)23-22(25)15-29-18-5-6-20-21(13-18)27-10-9-26-20/h2-6,13H,7-12,14-15H2,1H3,(H,23,25). The maximum absolute atomic E-state index is 12.5. The van der Waals surface area contributed by atoms with Crippen molar-refractivity contribution in [2.24, 2.45) is 0 Å². The highest BCUT2D eigenvalue weighted by molar-refractivity contribution is 8.00. The van der Waals surface area contributed by atoms with Crippen molar-refractivity contribution in [3.63, 3.8) is 0 Å². The fourth-order valence-electron chi connectivity index (χ4n) is 3.44. The van der Waals surface area contributed by atoms with Gasteiger partial charge in [-0.15, -0.1) is 11.8 Å². The van der Waals surface area contributed by atoms with Gasteiger partial charge in [-0.1, -0.05) is 12.1 Å². The third-order valence-electron chi connectivity index (χ3n) is 5.10. The monoisotopic (exact) mass is 430 g/mol. The van der Waals surface area contributed by atoms with Gasteiger partial charge in [-0.05, 0) is 42.3 Å². The molecule has 0 spiro atoms. The maximum Gasteiger partial charge on any atom is 0.234 e. The van der Waals surface area contributed by atoms with Crippen molar-refractivity contribution in [3.05, 3.63) is 47.5 Å². The summed E-state index contributed by atoms with van der Waals surface area (Å²) < 4.78 is 11.2. The number of benzene rings is 2. The van der Waals surface area contributed by atoms with Crippen LogP contribution in [-0.2, 0) is 11.3 Å². The summed E-state index contributed by atoms with van der Waals surface area (Å²) in [4.78, 5) is 16.0. The van der Waals surface area contributed by atoms with Crippen LogP contribution in [0, 0.1) is 6.92 Å². The number of rotatable bonds is 6. The molecule has 1 N–H and O–H groups in total. The molecule has 0 saturated carbocycles. The van der Waals surface area contributed by atoms with E-state index in [-0.39, 0.29) is 5.91 Å². The van der Waals surface area contributed by atoms with Crippen LogP contribution >= 0.6 is 23.5 Å². The van der Waals surface area contributed by atoms with E-state index >= 15 is 0 Å². The van der Waals surface area contributed by atoms with Crippen LogP contribution in [0.25, 0.3) is 0 Å². The first kappa shape index (κ1) is 20.4. The van der Waals surface area contributed by atoms with E-state index in [0.717, 1.165) is 47.3 Å². The minimum atomic E-state index is -0.000452. The second-order valence-electron chi connectivity index (χ2n) is 7.12. The van der Waals surface area contributed by atoms with E-state index in [4.69, 9.17) is 9.47 Å². The van der Waals surface area contributed by atoms with Gasteiger partial charge in [-0.2, -0.15) is 11.8 Å². The third-order valence-corrected chi connectivity index (χ3v) is 7.04. The number of amides is 1. The van der Waals surface area contributed by atoms with Crippen LogP contribution in [0.3, 0.4) is 0 Å².